The molecular weight excluding hydrogens is 260 g/mol. The predicted octanol–water partition coefficient (Wildman–Crippen LogP) is 3.43. The van der Waals surface area contributed by atoms with Crippen LogP contribution < -0.4 is 10.1 Å². The summed E-state index contributed by atoms with van der Waals surface area (Å²) in [6.07, 6.45) is 4.33. The molecule has 1 aliphatic rings. The Morgan fingerprint density at radius 2 is 2.21 bits per heavy atom. The molecule has 4 nitrogen and oxygen atoms in total. The Morgan fingerprint density at radius 3 is 2.95 bits per heavy atom. The van der Waals surface area contributed by atoms with E-state index in [0.717, 1.165) is 41.6 Å². The second-order valence-electron chi connectivity index (χ2n) is 4.82. The number of amides is 1. The maximum absolute atomic E-state index is 12.0. The van der Waals surface area contributed by atoms with Crippen LogP contribution in [-0.2, 0) is 4.79 Å². The van der Waals surface area contributed by atoms with Crippen LogP contribution in [0.3, 0.4) is 0 Å². The summed E-state index contributed by atoms with van der Waals surface area (Å²) in [6.45, 7) is 0. The lowest BCUT2D eigenvalue weighted by Crippen LogP contribution is -2.19. The first kappa shape index (κ1) is 12.4. The van der Waals surface area contributed by atoms with Gasteiger partial charge in [-0.15, -0.1) is 0 Å². The van der Waals surface area contributed by atoms with Crippen molar-refractivity contribution in [2.75, 3.05) is 12.4 Å². The number of benzene rings is 1. The Bertz CT molecular complexity index is 603. The molecule has 0 spiro atoms. The van der Waals surface area contributed by atoms with E-state index in [1.807, 2.05) is 18.2 Å². The summed E-state index contributed by atoms with van der Waals surface area (Å²) in [5, 5.41) is 3.62. The number of carbonyl (C=O) groups excluding carboxylic acids is 1. The van der Waals surface area contributed by atoms with E-state index in [4.69, 9.17) is 4.74 Å². The van der Waals surface area contributed by atoms with Crippen LogP contribution in [0.5, 0.6) is 5.75 Å². The molecule has 2 aromatic rings. The fourth-order valence-corrected chi connectivity index (χ4v) is 3.38. The number of nitrogens with zero attached hydrogens (tertiary/aromatic N) is 1. The van der Waals surface area contributed by atoms with Crippen LogP contribution in [0.4, 0.5) is 5.13 Å². The first-order valence-corrected chi connectivity index (χ1v) is 7.33. The van der Waals surface area contributed by atoms with Gasteiger partial charge in [-0.1, -0.05) is 24.2 Å². The number of hydrogen-bond donors (Lipinski definition) is 1. The first-order valence-electron chi connectivity index (χ1n) is 6.52. The third kappa shape index (κ3) is 2.56. The summed E-state index contributed by atoms with van der Waals surface area (Å²) in [5.41, 5.74) is 0.896. The number of hydrogen-bond acceptors (Lipinski definition) is 4. The van der Waals surface area contributed by atoms with Crippen molar-refractivity contribution in [1.29, 1.82) is 0 Å². The molecule has 1 aliphatic carbocycles. The Kier molecular flexibility index (Phi) is 3.38. The maximum atomic E-state index is 12.0. The second kappa shape index (κ2) is 5.17. The number of anilines is 1. The molecule has 0 radical (unpaired) electrons. The molecule has 1 heterocycles. The van der Waals surface area contributed by atoms with Crippen molar-refractivity contribution < 1.29 is 9.53 Å². The Labute approximate surface area is 115 Å². The lowest BCUT2D eigenvalue weighted by atomic mass is 10.1. The van der Waals surface area contributed by atoms with Gasteiger partial charge in [-0.05, 0) is 31.0 Å². The number of ether oxygens (including phenoxy) is 1. The van der Waals surface area contributed by atoms with E-state index in [1.54, 1.807) is 7.11 Å². The molecule has 1 aromatic carbocycles. The van der Waals surface area contributed by atoms with Crippen molar-refractivity contribution in [3.8, 4) is 5.75 Å². The minimum Gasteiger partial charge on any atom is -0.497 e. The van der Waals surface area contributed by atoms with E-state index in [1.165, 1.54) is 11.3 Å². The van der Waals surface area contributed by atoms with Crippen LogP contribution in [0.1, 0.15) is 25.7 Å². The highest BCUT2D eigenvalue weighted by Crippen LogP contribution is 2.31. The molecule has 19 heavy (non-hydrogen) atoms. The topological polar surface area (TPSA) is 51.2 Å². The Morgan fingerprint density at radius 1 is 1.42 bits per heavy atom. The quantitative estimate of drug-likeness (QED) is 0.934. The van der Waals surface area contributed by atoms with Gasteiger partial charge in [0, 0.05) is 5.92 Å². The minimum absolute atomic E-state index is 0.114. The smallest absolute Gasteiger partial charge is 0.229 e. The Hall–Kier alpha value is -1.62. The van der Waals surface area contributed by atoms with Gasteiger partial charge in [-0.3, -0.25) is 4.79 Å². The molecule has 0 atom stereocenters. The summed E-state index contributed by atoms with van der Waals surface area (Å²) in [4.78, 5) is 16.5. The largest absolute Gasteiger partial charge is 0.497 e. The van der Waals surface area contributed by atoms with Gasteiger partial charge in [0.15, 0.2) is 5.13 Å². The highest BCUT2D eigenvalue weighted by atomic mass is 32.1. The number of aromatic nitrogens is 1. The maximum Gasteiger partial charge on any atom is 0.229 e. The molecule has 3 rings (SSSR count). The van der Waals surface area contributed by atoms with Gasteiger partial charge in [0.25, 0.3) is 0 Å². The molecule has 1 saturated carbocycles. The molecule has 1 aromatic heterocycles. The normalized spacial score (nSPS) is 15.8. The highest BCUT2D eigenvalue weighted by Gasteiger charge is 2.23. The van der Waals surface area contributed by atoms with Gasteiger partial charge in [-0.25, -0.2) is 4.98 Å². The van der Waals surface area contributed by atoms with Crippen LogP contribution in [0, 0.1) is 5.92 Å². The fraction of sp³-hybridized carbons (Fsp3) is 0.429. The van der Waals surface area contributed by atoms with Crippen molar-refractivity contribution >= 4 is 32.6 Å². The zero-order chi connectivity index (χ0) is 13.2. The van der Waals surface area contributed by atoms with Crippen molar-refractivity contribution in [2.24, 2.45) is 5.92 Å². The molecule has 1 amide bonds. The van der Waals surface area contributed by atoms with Crippen LogP contribution in [0.25, 0.3) is 10.2 Å². The van der Waals surface area contributed by atoms with E-state index in [2.05, 4.69) is 10.3 Å². The van der Waals surface area contributed by atoms with Crippen LogP contribution >= 0.6 is 11.3 Å². The molecule has 0 unspecified atom stereocenters. The van der Waals surface area contributed by atoms with Crippen LogP contribution in [0.15, 0.2) is 18.2 Å². The summed E-state index contributed by atoms with van der Waals surface area (Å²) < 4.78 is 6.21. The van der Waals surface area contributed by atoms with Gasteiger partial charge < -0.3 is 10.1 Å². The van der Waals surface area contributed by atoms with Gasteiger partial charge in [0.2, 0.25) is 5.91 Å². The minimum atomic E-state index is 0.114. The van der Waals surface area contributed by atoms with Gasteiger partial charge >= 0.3 is 0 Å². The standard InChI is InChI=1S/C14H16N2O2S/c1-18-10-6-7-11-12(8-10)19-14(15-11)16-13(17)9-4-2-3-5-9/h6-9H,2-5H2,1H3,(H,15,16,17). The lowest BCUT2D eigenvalue weighted by molar-refractivity contribution is -0.119. The molecule has 5 heteroatoms. The molecule has 0 bridgehead atoms. The number of fused-ring (bicyclic) bond motifs is 1. The SMILES string of the molecule is COc1ccc2nc(NC(=O)C3CCCC3)sc2c1. The van der Waals surface area contributed by atoms with Crippen molar-refractivity contribution in [3.05, 3.63) is 18.2 Å². The summed E-state index contributed by atoms with van der Waals surface area (Å²) >= 11 is 1.49. The van der Waals surface area contributed by atoms with Crippen molar-refractivity contribution in [1.82, 2.24) is 4.98 Å². The first-order chi connectivity index (χ1) is 9.26. The number of carbonyl (C=O) groups is 1. The van der Waals surface area contributed by atoms with Crippen molar-refractivity contribution in [2.45, 2.75) is 25.7 Å². The number of methoxy groups -OCH3 is 1. The molecule has 100 valence electrons. The van der Waals surface area contributed by atoms with Gasteiger partial charge in [-0.2, -0.15) is 0 Å². The fourth-order valence-electron chi connectivity index (χ4n) is 2.48. The van der Waals surface area contributed by atoms with E-state index < -0.39 is 0 Å². The predicted molar refractivity (Wildman–Crippen MR) is 76.8 cm³/mol. The van der Waals surface area contributed by atoms with E-state index in [0.29, 0.717) is 5.13 Å². The number of rotatable bonds is 3. The van der Waals surface area contributed by atoms with Crippen molar-refractivity contribution in [3.63, 3.8) is 0 Å². The molecule has 1 N–H and O–H groups in total. The molecule has 0 saturated heterocycles. The lowest BCUT2D eigenvalue weighted by Gasteiger charge is -2.06. The average molecular weight is 276 g/mol. The molecular formula is C14H16N2O2S. The van der Waals surface area contributed by atoms with E-state index in [9.17, 15) is 4.79 Å². The van der Waals surface area contributed by atoms with Gasteiger partial charge in [0.1, 0.15) is 5.75 Å². The number of thiazole rings is 1. The number of nitrogens with one attached hydrogen (secondary N) is 1. The monoisotopic (exact) mass is 276 g/mol. The summed E-state index contributed by atoms with van der Waals surface area (Å²) in [7, 11) is 1.64. The molecule has 1 fully saturated rings. The zero-order valence-electron chi connectivity index (χ0n) is 10.8. The highest BCUT2D eigenvalue weighted by molar-refractivity contribution is 7.22. The van der Waals surface area contributed by atoms with Gasteiger partial charge in [0.05, 0.1) is 17.3 Å². The second-order valence-corrected chi connectivity index (χ2v) is 5.85. The van der Waals surface area contributed by atoms with E-state index >= 15 is 0 Å². The van der Waals surface area contributed by atoms with E-state index in [-0.39, 0.29) is 11.8 Å². The molecule has 0 aliphatic heterocycles. The third-order valence-corrected chi connectivity index (χ3v) is 4.49. The van der Waals surface area contributed by atoms with Crippen LogP contribution in [0.2, 0.25) is 0 Å². The van der Waals surface area contributed by atoms with Crippen LogP contribution in [-0.4, -0.2) is 18.0 Å². The summed E-state index contributed by atoms with van der Waals surface area (Å²) in [5.74, 6) is 1.09. The average Bonchev–Trinajstić information content (AvgIpc) is 3.06. The zero-order valence-corrected chi connectivity index (χ0v) is 11.6. The third-order valence-electron chi connectivity index (χ3n) is 3.55. The summed E-state index contributed by atoms with van der Waals surface area (Å²) in [6, 6.07) is 5.73. The Balaban J connectivity index is 1.79.